The molecule has 0 bridgehead atoms. The molecule has 0 saturated heterocycles. The molecule has 2 rings (SSSR count). The van der Waals surface area contributed by atoms with Gasteiger partial charge in [0.2, 0.25) is 0 Å². The summed E-state index contributed by atoms with van der Waals surface area (Å²) in [5.41, 5.74) is 1.41. The highest BCUT2D eigenvalue weighted by Gasteiger charge is 2.24. The molecule has 26 heavy (non-hydrogen) atoms. The molecule has 1 atom stereocenters. The Morgan fingerprint density at radius 3 is 2.38 bits per heavy atom. The molecule has 0 heterocycles. The third-order valence-corrected chi connectivity index (χ3v) is 3.79. The molecule has 0 aliphatic heterocycles. The van der Waals surface area contributed by atoms with E-state index >= 15 is 0 Å². The number of carbonyl (C=O) groups is 3. The van der Waals surface area contributed by atoms with Crippen molar-refractivity contribution in [2.45, 2.75) is 19.0 Å². The maximum atomic E-state index is 12.5. The number of carboxylic acid groups (broad SMARTS) is 1. The Morgan fingerprint density at radius 1 is 1.08 bits per heavy atom. The summed E-state index contributed by atoms with van der Waals surface area (Å²) in [5.74, 6) is -2.44. The number of hydrogen-bond acceptors (Lipinski definition) is 5. The summed E-state index contributed by atoms with van der Waals surface area (Å²) in [7, 11) is 1.24. The van der Waals surface area contributed by atoms with E-state index in [2.05, 4.69) is 10.1 Å². The average molecular weight is 356 g/mol. The van der Waals surface area contributed by atoms with E-state index in [1.807, 2.05) is 30.3 Å². The van der Waals surface area contributed by atoms with Gasteiger partial charge in [0.25, 0.3) is 5.91 Å². The number of nitrogens with two attached hydrogens (primary N) is 1. The highest BCUT2D eigenvalue weighted by atomic mass is 16.5. The van der Waals surface area contributed by atoms with E-state index in [4.69, 9.17) is 0 Å². The van der Waals surface area contributed by atoms with E-state index in [9.17, 15) is 19.5 Å². The number of amides is 1. The molecule has 0 aromatic heterocycles. The van der Waals surface area contributed by atoms with Crippen LogP contribution in [-0.2, 0) is 20.9 Å². The predicted octanol–water partition coefficient (Wildman–Crippen LogP) is -0.316. The lowest BCUT2D eigenvalue weighted by Crippen LogP contribution is -2.91. The van der Waals surface area contributed by atoms with Crippen molar-refractivity contribution in [1.29, 1.82) is 0 Å². The van der Waals surface area contributed by atoms with Gasteiger partial charge in [0.15, 0.2) is 6.04 Å². The maximum absolute atomic E-state index is 12.5. The molecule has 3 N–H and O–H groups in total. The number of carbonyl (C=O) groups excluding carboxylic acids is 3. The minimum absolute atomic E-state index is 0.193. The SMILES string of the molecule is COC(=O)c1ccccc1NC(=O)[C@@H](CC(=O)[O-])[NH2+]Cc1ccccc1. The smallest absolute Gasteiger partial charge is 0.339 e. The Kier molecular flexibility index (Phi) is 6.87. The minimum atomic E-state index is -1.32. The van der Waals surface area contributed by atoms with Crippen LogP contribution in [-0.4, -0.2) is 31.0 Å². The molecule has 0 saturated carbocycles. The van der Waals surface area contributed by atoms with Crippen LogP contribution in [0, 0.1) is 0 Å². The summed E-state index contributed by atoms with van der Waals surface area (Å²) in [6, 6.07) is 14.8. The van der Waals surface area contributed by atoms with Gasteiger partial charge in [-0.25, -0.2) is 4.79 Å². The Labute approximate surface area is 151 Å². The number of ether oxygens (including phenoxy) is 1. The Hall–Kier alpha value is -3.19. The third-order valence-electron chi connectivity index (χ3n) is 3.79. The lowest BCUT2D eigenvalue weighted by molar-refractivity contribution is -0.691. The summed E-state index contributed by atoms with van der Waals surface area (Å²) in [6.45, 7) is 0.435. The Balaban J connectivity index is 2.11. The number of aliphatic carboxylic acids is 1. The zero-order valence-corrected chi connectivity index (χ0v) is 14.3. The molecule has 7 heteroatoms. The zero-order chi connectivity index (χ0) is 18.9. The van der Waals surface area contributed by atoms with Crippen LogP contribution in [0.1, 0.15) is 22.3 Å². The summed E-state index contributed by atoms with van der Waals surface area (Å²) in [6.07, 6.45) is -0.445. The van der Waals surface area contributed by atoms with Gasteiger partial charge in [0, 0.05) is 18.0 Å². The largest absolute Gasteiger partial charge is 0.550 e. The average Bonchev–Trinajstić information content (AvgIpc) is 2.65. The molecule has 136 valence electrons. The summed E-state index contributed by atoms with van der Waals surface area (Å²) < 4.78 is 4.69. The number of carboxylic acids is 1. The van der Waals surface area contributed by atoms with Crippen LogP contribution in [0.25, 0.3) is 0 Å². The van der Waals surface area contributed by atoms with Crippen LogP contribution in [0.15, 0.2) is 54.6 Å². The molecular formula is C19H20N2O5. The quantitative estimate of drug-likeness (QED) is 0.630. The lowest BCUT2D eigenvalue weighted by Gasteiger charge is -2.17. The first-order valence-electron chi connectivity index (χ1n) is 8.06. The molecule has 0 aliphatic carbocycles. The van der Waals surface area contributed by atoms with Crippen molar-refractivity contribution >= 4 is 23.5 Å². The van der Waals surface area contributed by atoms with Gasteiger partial charge in [0.05, 0.1) is 18.4 Å². The first kappa shape index (κ1) is 19.1. The van der Waals surface area contributed by atoms with Gasteiger partial charge in [-0.1, -0.05) is 42.5 Å². The van der Waals surface area contributed by atoms with Crippen LogP contribution in [0.5, 0.6) is 0 Å². The zero-order valence-electron chi connectivity index (χ0n) is 14.3. The van der Waals surface area contributed by atoms with E-state index in [0.29, 0.717) is 6.54 Å². The van der Waals surface area contributed by atoms with Crippen LogP contribution in [0.3, 0.4) is 0 Å². The van der Waals surface area contributed by atoms with Gasteiger partial charge in [0.1, 0.15) is 6.54 Å². The molecule has 0 unspecified atom stereocenters. The number of methoxy groups -OCH3 is 1. The van der Waals surface area contributed by atoms with Crippen LogP contribution in [0.4, 0.5) is 5.69 Å². The highest BCUT2D eigenvalue weighted by molar-refractivity contribution is 6.02. The normalized spacial score (nSPS) is 11.4. The standard InChI is InChI=1S/C19H20N2O5/c1-26-19(25)14-9-5-6-10-15(14)21-18(24)16(11-17(22)23)20-12-13-7-3-2-4-8-13/h2-10,16,20H,11-12H2,1H3,(H,21,24)(H,22,23)/t16-/m1/s1. The third kappa shape index (κ3) is 5.42. The van der Waals surface area contributed by atoms with Crippen LogP contribution in [0.2, 0.25) is 0 Å². The van der Waals surface area contributed by atoms with Crippen molar-refractivity contribution in [3.05, 3.63) is 65.7 Å². The molecule has 2 aromatic rings. The number of hydrogen-bond donors (Lipinski definition) is 2. The van der Waals surface area contributed by atoms with E-state index in [-0.39, 0.29) is 11.3 Å². The molecule has 0 radical (unpaired) electrons. The minimum Gasteiger partial charge on any atom is -0.550 e. The number of quaternary nitrogens is 1. The van der Waals surface area contributed by atoms with Gasteiger partial charge in [-0.15, -0.1) is 0 Å². The number of esters is 1. The van der Waals surface area contributed by atoms with Crippen molar-refractivity contribution in [2.24, 2.45) is 0 Å². The second kappa shape index (κ2) is 9.33. The van der Waals surface area contributed by atoms with E-state index in [1.165, 1.54) is 13.2 Å². The molecule has 7 nitrogen and oxygen atoms in total. The number of benzene rings is 2. The fourth-order valence-corrected chi connectivity index (χ4v) is 2.46. The van der Waals surface area contributed by atoms with Crippen molar-refractivity contribution in [1.82, 2.24) is 0 Å². The number of nitrogens with one attached hydrogen (secondary N) is 1. The molecule has 0 spiro atoms. The van der Waals surface area contributed by atoms with Gasteiger partial charge in [-0.05, 0) is 12.1 Å². The Morgan fingerprint density at radius 2 is 1.73 bits per heavy atom. The predicted molar refractivity (Wildman–Crippen MR) is 91.9 cm³/mol. The highest BCUT2D eigenvalue weighted by Crippen LogP contribution is 2.16. The first-order chi connectivity index (χ1) is 12.5. The van der Waals surface area contributed by atoms with Gasteiger partial charge >= 0.3 is 5.97 Å². The Bertz CT molecular complexity index is 777. The molecular weight excluding hydrogens is 336 g/mol. The number of anilines is 1. The second-order valence-corrected chi connectivity index (χ2v) is 5.63. The molecule has 0 fully saturated rings. The van der Waals surface area contributed by atoms with Crippen molar-refractivity contribution in [3.63, 3.8) is 0 Å². The maximum Gasteiger partial charge on any atom is 0.339 e. The fourth-order valence-electron chi connectivity index (χ4n) is 2.46. The van der Waals surface area contributed by atoms with E-state index in [0.717, 1.165) is 5.56 Å². The van der Waals surface area contributed by atoms with Gasteiger partial charge in [-0.2, -0.15) is 0 Å². The summed E-state index contributed by atoms with van der Waals surface area (Å²) >= 11 is 0. The lowest BCUT2D eigenvalue weighted by atomic mass is 10.1. The van der Waals surface area contributed by atoms with E-state index in [1.54, 1.807) is 23.5 Å². The number of para-hydroxylation sites is 1. The van der Waals surface area contributed by atoms with Gasteiger partial charge < -0.3 is 25.3 Å². The molecule has 0 aliphatic rings. The second-order valence-electron chi connectivity index (χ2n) is 5.63. The fraction of sp³-hybridized carbons (Fsp3) is 0.211. The van der Waals surface area contributed by atoms with Crippen LogP contribution < -0.4 is 15.7 Å². The summed E-state index contributed by atoms with van der Waals surface area (Å²) in [5, 5.41) is 15.2. The van der Waals surface area contributed by atoms with E-state index < -0.39 is 30.3 Å². The van der Waals surface area contributed by atoms with Crippen molar-refractivity contribution in [2.75, 3.05) is 12.4 Å². The monoisotopic (exact) mass is 356 g/mol. The van der Waals surface area contributed by atoms with Crippen molar-refractivity contribution < 1.29 is 29.5 Å². The molecule has 2 aromatic carbocycles. The first-order valence-corrected chi connectivity index (χ1v) is 8.06. The van der Waals surface area contributed by atoms with Gasteiger partial charge in [-0.3, -0.25) is 4.79 Å². The molecule has 1 amide bonds. The topological polar surface area (TPSA) is 112 Å². The summed E-state index contributed by atoms with van der Waals surface area (Å²) in [4.78, 5) is 35.3. The van der Waals surface area contributed by atoms with Crippen LogP contribution >= 0.6 is 0 Å². The van der Waals surface area contributed by atoms with Crippen molar-refractivity contribution in [3.8, 4) is 0 Å². The number of rotatable bonds is 8.